The summed E-state index contributed by atoms with van der Waals surface area (Å²) in [6.45, 7) is 5.01. The minimum Gasteiger partial charge on any atom is -0.370 e. The predicted octanol–water partition coefficient (Wildman–Crippen LogP) is 3.82. The fourth-order valence-electron chi connectivity index (χ4n) is 2.63. The molecular weight excluding hydrogens is 262 g/mol. The van der Waals surface area contributed by atoms with Crippen molar-refractivity contribution >= 4 is 5.82 Å². The number of hydrogen-bond donors (Lipinski definition) is 1. The summed E-state index contributed by atoms with van der Waals surface area (Å²) in [6.07, 6.45) is 2.37. The maximum Gasteiger partial charge on any atom is 0.160 e. The number of nitrogens with one attached hydrogen (secondary N) is 1. The molecule has 2 unspecified atom stereocenters. The van der Waals surface area contributed by atoms with E-state index in [-0.39, 0.29) is 6.10 Å². The second kappa shape index (κ2) is 6.22. The van der Waals surface area contributed by atoms with Gasteiger partial charge in [0.1, 0.15) is 11.9 Å². The Bertz CT molecular complexity index is 600. The molecule has 0 radical (unpaired) electrons. The molecule has 1 saturated heterocycles. The van der Waals surface area contributed by atoms with Crippen molar-refractivity contribution in [3.05, 3.63) is 42.2 Å². The fourth-order valence-corrected chi connectivity index (χ4v) is 2.63. The first-order valence-corrected chi connectivity index (χ1v) is 7.60. The third-order valence-corrected chi connectivity index (χ3v) is 3.69. The second-order valence-electron chi connectivity index (χ2n) is 5.41. The minimum atomic E-state index is 0.0149. The molecule has 0 aliphatic carbocycles. The maximum absolute atomic E-state index is 5.92. The number of aromatic nitrogens is 2. The molecule has 21 heavy (non-hydrogen) atoms. The van der Waals surface area contributed by atoms with Crippen LogP contribution < -0.4 is 5.32 Å². The average Bonchev–Trinajstić information content (AvgIpc) is 2.95. The van der Waals surface area contributed by atoms with E-state index in [9.17, 15) is 0 Å². The summed E-state index contributed by atoms with van der Waals surface area (Å²) in [7, 11) is 0. The molecule has 0 bridgehead atoms. The maximum atomic E-state index is 5.92. The van der Waals surface area contributed by atoms with Crippen molar-refractivity contribution in [2.24, 2.45) is 0 Å². The Balaban J connectivity index is 1.98. The zero-order valence-electron chi connectivity index (χ0n) is 12.5. The summed E-state index contributed by atoms with van der Waals surface area (Å²) < 4.78 is 5.92. The van der Waals surface area contributed by atoms with E-state index in [1.54, 1.807) is 0 Å². The molecule has 0 saturated carbocycles. The van der Waals surface area contributed by atoms with E-state index in [2.05, 4.69) is 36.3 Å². The van der Waals surface area contributed by atoms with Gasteiger partial charge in [0.05, 0.1) is 11.8 Å². The number of ether oxygens (including phenoxy) is 1. The third-order valence-electron chi connectivity index (χ3n) is 3.69. The van der Waals surface area contributed by atoms with E-state index in [1.807, 2.05) is 24.3 Å². The molecule has 3 rings (SSSR count). The Morgan fingerprint density at radius 1 is 1.19 bits per heavy atom. The van der Waals surface area contributed by atoms with Gasteiger partial charge in [-0.25, -0.2) is 9.97 Å². The highest BCUT2D eigenvalue weighted by atomic mass is 16.5. The molecule has 1 aliphatic rings. The lowest BCUT2D eigenvalue weighted by molar-refractivity contribution is 0.0504. The van der Waals surface area contributed by atoms with Crippen LogP contribution in [0, 0.1) is 0 Å². The Morgan fingerprint density at radius 2 is 2.00 bits per heavy atom. The van der Waals surface area contributed by atoms with Crippen LogP contribution in [0.3, 0.4) is 0 Å². The van der Waals surface area contributed by atoms with Crippen LogP contribution in [0.5, 0.6) is 0 Å². The monoisotopic (exact) mass is 283 g/mol. The first kappa shape index (κ1) is 14.0. The number of anilines is 1. The molecule has 4 heteroatoms. The first-order valence-electron chi connectivity index (χ1n) is 7.60. The van der Waals surface area contributed by atoms with Crippen LogP contribution >= 0.6 is 0 Å². The zero-order valence-corrected chi connectivity index (χ0v) is 12.5. The van der Waals surface area contributed by atoms with Gasteiger partial charge in [0.25, 0.3) is 0 Å². The van der Waals surface area contributed by atoms with E-state index in [4.69, 9.17) is 9.72 Å². The van der Waals surface area contributed by atoms with Crippen LogP contribution in [0.1, 0.15) is 38.6 Å². The fraction of sp³-hybridized carbons (Fsp3) is 0.412. The van der Waals surface area contributed by atoms with Gasteiger partial charge in [-0.1, -0.05) is 30.3 Å². The van der Waals surface area contributed by atoms with Gasteiger partial charge in [-0.05, 0) is 26.7 Å². The Kier molecular flexibility index (Phi) is 4.15. The third kappa shape index (κ3) is 3.22. The van der Waals surface area contributed by atoms with Crippen LogP contribution in [0.2, 0.25) is 0 Å². The van der Waals surface area contributed by atoms with Crippen LogP contribution in [-0.4, -0.2) is 22.6 Å². The lowest BCUT2D eigenvalue weighted by atomic mass is 10.1. The largest absolute Gasteiger partial charge is 0.370 e. The van der Waals surface area contributed by atoms with Crippen LogP contribution in [0.4, 0.5) is 5.82 Å². The molecule has 1 N–H and O–H groups in total. The van der Waals surface area contributed by atoms with Crippen molar-refractivity contribution in [3.63, 3.8) is 0 Å². The Hall–Kier alpha value is -1.94. The van der Waals surface area contributed by atoms with Gasteiger partial charge in [-0.2, -0.15) is 0 Å². The second-order valence-corrected chi connectivity index (χ2v) is 5.41. The highest BCUT2D eigenvalue weighted by molar-refractivity contribution is 5.62. The van der Waals surface area contributed by atoms with Gasteiger partial charge in [0, 0.05) is 18.2 Å². The van der Waals surface area contributed by atoms with Crippen molar-refractivity contribution in [1.29, 1.82) is 0 Å². The number of hydrogen-bond acceptors (Lipinski definition) is 4. The van der Waals surface area contributed by atoms with Crippen molar-refractivity contribution in [1.82, 2.24) is 9.97 Å². The Morgan fingerprint density at radius 3 is 2.67 bits per heavy atom. The molecule has 1 aromatic carbocycles. The highest BCUT2D eigenvalue weighted by Crippen LogP contribution is 2.32. The molecule has 1 aromatic heterocycles. The van der Waals surface area contributed by atoms with Gasteiger partial charge in [-0.3, -0.25) is 0 Å². The molecule has 2 heterocycles. The van der Waals surface area contributed by atoms with Crippen molar-refractivity contribution < 1.29 is 4.74 Å². The molecule has 2 atom stereocenters. The minimum absolute atomic E-state index is 0.0149. The normalized spacial score (nSPS) is 21.4. The van der Waals surface area contributed by atoms with Gasteiger partial charge >= 0.3 is 0 Å². The summed E-state index contributed by atoms with van der Waals surface area (Å²) in [5.74, 6) is 1.65. The molecule has 110 valence electrons. The van der Waals surface area contributed by atoms with Gasteiger partial charge in [0.15, 0.2) is 5.82 Å². The lowest BCUT2D eigenvalue weighted by Gasteiger charge is -2.13. The van der Waals surface area contributed by atoms with Gasteiger partial charge in [0.2, 0.25) is 0 Å². The molecule has 0 spiro atoms. The van der Waals surface area contributed by atoms with Crippen LogP contribution in [0.25, 0.3) is 11.3 Å². The van der Waals surface area contributed by atoms with Gasteiger partial charge < -0.3 is 10.1 Å². The van der Waals surface area contributed by atoms with E-state index in [1.165, 1.54) is 0 Å². The SMILES string of the molecule is CCNc1cc(-c2ccccc2)nc(C2CCC(C)O2)n1. The quantitative estimate of drug-likeness (QED) is 0.926. The molecule has 4 nitrogen and oxygen atoms in total. The molecule has 2 aromatic rings. The number of benzene rings is 1. The average molecular weight is 283 g/mol. The number of rotatable bonds is 4. The summed E-state index contributed by atoms with van der Waals surface area (Å²) in [6, 6.07) is 12.2. The van der Waals surface area contributed by atoms with Gasteiger partial charge in [-0.15, -0.1) is 0 Å². The predicted molar refractivity (Wildman–Crippen MR) is 84.2 cm³/mol. The summed E-state index contributed by atoms with van der Waals surface area (Å²) in [5.41, 5.74) is 2.05. The van der Waals surface area contributed by atoms with Crippen LogP contribution in [-0.2, 0) is 4.74 Å². The van der Waals surface area contributed by atoms with E-state index in [0.717, 1.165) is 42.3 Å². The lowest BCUT2D eigenvalue weighted by Crippen LogP contribution is -2.09. The van der Waals surface area contributed by atoms with Crippen molar-refractivity contribution in [2.75, 3.05) is 11.9 Å². The summed E-state index contributed by atoms with van der Waals surface area (Å²) in [4.78, 5) is 9.34. The first-order chi connectivity index (χ1) is 10.3. The standard InChI is InChI=1S/C17H21N3O/c1-3-18-16-11-14(13-7-5-4-6-8-13)19-17(20-16)15-10-9-12(2)21-15/h4-8,11-12,15H,3,9-10H2,1-2H3,(H,18,19,20). The van der Waals surface area contributed by atoms with Crippen molar-refractivity contribution in [2.45, 2.75) is 38.9 Å². The highest BCUT2D eigenvalue weighted by Gasteiger charge is 2.26. The summed E-state index contributed by atoms with van der Waals surface area (Å²) >= 11 is 0. The smallest absolute Gasteiger partial charge is 0.160 e. The van der Waals surface area contributed by atoms with E-state index >= 15 is 0 Å². The van der Waals surface area contributed by atoms with E-state index < -0.39 is 0 Å². The summed E-state index contributed by atoms with van der Waals surface area (Å²) in [5, 5.41) is 3.29. The number of nitrogens with zero attached hydrogens (tertiary/aromatic N) is 2. The van der Waals surface area contributed by atoms with Crippen molar-refractivity contribution in [3.8, 4) is 11.3 Å². The molecule has 1 fully saturated rings. The molecule has 1 aliphatic heterocycles. The Labute approximate surface area is 125 Å². The molecule has 0 amide bonds. The van der Waals surface area contributed by atoms with E-state index in [0.29, 0.717) is 6.10 Å². The van der Waals surface area contributed by atoms with Crippen LogP contribution in [0.15, 0.2) is 36.4 Å². The molecular formula is C17H21N3O. The topological polar surface area (TPSA) is 47.0 Å². The zero-order chi connectivity index (χ0) is 14.7.